The van der Waals surface area contributed by atoms with Crippen LogP contribution < -0.4 is 0 Å². The van der Waals surface area contributed by atoms with Gasteiger partial charge in [0.05, 0.1) is 0 Å². The predicted molar refractivity (Wildman–Crippen MR) is 194 cm³/mol. The van der Waals surface area contributed by atoms with E-state index in [-0.39, 0.29) is 5.41 Å². The highest BCUT2D eigenvalue weighted by atomic mass is 14.4. The molecule has 0 heterocycles. The maximum Gasteiger partial charge on any atom is 0.0165 e. The third kappa shape index (κ3) is 3.32. The summed E-state index contributed by atoms with van der Waals surface area (Å²) in [6, 6.07) is 54.6. The summed E-state index contributed by atoms with van der Waals surface area (Å²) in [5, 5.41) is 15.8. The van der Waals surface area contributed by atoms with Gasteiger partial charge in [0.25, 0.3) is 0 Å². The van der Waals surface area contributed by atoms with Crippen LogP contribution in [-0.2, 0) is 5.41 Å². The second-order valence-corrected chi connectivity index (χ2v) is 13.3. The minimum absolute atomic E-state index is 0.116. The lowest BCUT2D eigenvalue weighted by Gasteiger charge is -2.24. The molecule has 10 rings (SSSR count). The number of rotatable bonds is 1. The highest BCUT2D eigenvalue weighted by Gasteiger charge is 2.38. The fraction of sp³-hybridized carbons (Fsp3) is 0.0667. The van der Waals surface area contributed by atoms with E-state index in [0.717, 1.165) is 0 Å². The summed E-state index contributed by atoms with van der Waals surface area (Å²) in [6.07, 6.45) is 0. The van der Waals surface area contributed by atoms with Crippen LogP contribution in [0.4, 0.5) is 0 Å². The zero-order valence-corrected chi connectivity index (χ0v) is 25.4. The molecule has 9 aromatic rings. The van der Waals surface area contributed by atoms with Crippen molar-refractivity contribution in [3.63, 3.8) is 0 Å². The lowest BCUT2D eigenvalue weighted by Crippen LogP contribution is -2.15. The second-order valence-electron chi connectivity index (χ2n) is 13.3. The van der Waals surface area contributed by atoms with Crippen LogP contribution in [-0.4, -0.2) is 0 Å². The summed E-state index contributed by atoms with van der Waals surface area (Å²) in [6.45, 7) is 4.82. The average Bonchev–Trinajstić information content (AvgIpc) is 3.32. The Kier molecular flexibility index (Phi) is 4.88. The first kappa shape index (κ1) is 24.9. The van der Waals surface area contributed by atoms with Crippen molar-refractivity contribution in [1.29, 1.82) is 0 Å². The summed E-state index contributed by atoms with van der Waals surface area (Å²) in [7, 11) is 0. The lowest BCUT2D eigenvalue weighted by molar-refractivity contribution is 0.667. The number of fused-ring (bicyclic) bond motifs is 14. The first-order valence-corrected chi connectivity index (χ1v) is 15.9. The molecule has 45 heavy (non-hydrogen) atoms. The summed E-state index contributed by atoms with van der Waals surface area (Å²) in [4.78, 5) is 0. The van der Waals surface area contributed by atoms with Gasteiger partial charge in [0, 0.05) is 5.41 Å². The SMILES string of the molecule is CC1(C)c2cc3ccccc3cc2-c2c1c1ccc(-c3cc4ccc5ccccc5c4c4ccccc34)cc1c1ccccc21. The van der Waals surface area contributed by atoms with E-state index in [4.69, 9.17) is 0 Å². The van der Waals surface area contributed by atoms with Gasteiger partial charge in [-0.25, -0.2) is 0 Å². The van der Waals surface area contributed by atoms with Gasteiger partial charge in [0.15, 0.2) is 0 Å². The largest absolute Gasteiger partial charge is 0.0616 e. The molecule has 0 nitrogen and oxygen atoms in total. The van der Waals surface area contributed by atoms with Gasteiger partial charge in [-0.1, -0.05) is 135 Å². The van der Waals surface area contributed by atoms with Crippen LogP contribution in [0.3, 0.4) is 0 Å². The van der Waals surface area contributed by atoms with Crippen LogP contribution in [0.25, 0.3) is 86.9 Å². The van der Waals surface area contributed by atoms with Crippen LogP contribution in [0.5, 0.6) is 0 Å². The van der Waals surface area contributed by atoms with Crippen molar-refractivity contribution in [2.45, 2.75) is 19.3 Å². The molecule has 1 aliphatic rings. The Hall–Kier alpha value is -5.46. The molecule has 0 aliphatic heterocycles. The van der Waals surface area contributed by atoms with E-state index in [1.54, 1.807) is 0 Å². The van der Waals surface area contributed by atoms with Gasteiger partial charge in [0.2, 0.25) is 0 Å². The molecule has 0 saturated carbocycles. The van der Waals surface area contributed by atoms with Gasteiger partial charge in [-0.3, -0.25) is 0 Å². The van der Waals surface area contributed by atoms with Crippen LogP contribution in [0.15, 0.2) is 146 Å². The van der Waals surface area contributed by atoms with Crippen LogP contribution >= 0.6 is 0 Å². The Morgan fingerprint density at radius 3 is 1.78 bits per heavy atom. The Bertz CT molecular complexity index is 2720. The first-order valence-electron chi connectivity index (χ1n) is 15.9. The van der Waals surface area contributed by atoms with E-state index in [1.165, 1.54) is 98.0 Å². The molecule has 0 aromatic heterocycles. The van der Waals surface area contributed by atoms with Crippen LogP contribution in [0.1, 0.15) is 25.0 Å². The lowest BCUT2D eigenvalue weighted by atomic mass is 9.78. The monoisotopic (exact) mass is 570 g/mol. The topological polar surface area (TPSA) is 0 Å². The third-order valence-corrected chi connectivity index (χ3v) is 10.5. The Morgan fingerprint density at radius 2 is 0.978 bits per heavy atom. The highest BCUT2D eigenvalue weighted by molar-refractivity contribution is 6.24. The molecule has 0 radical (unpaired) electrons. The highest BCUT2D eigenvalue weighted by Crippen LogP contribution is 2.55. The molecule has 0 spiro atoms. The molecule has 0 fully saturated rings. The first-order chi connectivity index (χ1) is 22.1. The van der Waals surface area contributed by atoms with Crippen molar-refractivity contribution in [1.82, 2.24) is 0 Å². The second kappa shape index (κ2) is 8.80. The molecule has 1 aliphatic carbocycles. The molecular weight excluding hydrogens is 540 g/mol. The van der Waals surface area contributed by atoms with Crippen LogP contribution in [0, 0.1) is 0 Å². The van der Waals surface area contributed by atoms with E-state index >= 15 is 0 Å². The minimum Gasteiger partial charge on any atom is -0.0616 e. The van der Waals surface area contributed by atoms with E-state index in [1.807, 2.05) is 0 Å². The van der Waals surface area contributed by atoms with E-state index < -0.39 is 0 Å². The molecule has 0 N–H and O–H groups in total. The van der Waals surface area contributed by atoms with Crippen molar-refractivity contribution in [3.05, 3.63) is 157 Å². The van der Waals surface area contributed by atoms with Crippen molar-refractivity contribution in [2.75, 3.05) is 0 Å². The smallest absolute Gasteiger partial charge is 0.0165 e. The molecule has 0 saturated heterocycles. The van der Waals surface area contributed by atoms with Gasteiger partial charge >= 0.3 is 0 Å². The van der Waals surface area contributed by atoms with E-state index in [2.05, 4.69) is 159 Å². The zero-order chi connectivity index (χ0) is 29.9. The van der Waals surface area contributed by atoms with E-state index in [9.17, 15) is 0 Å². The fourth-order valence-electron chi connectivity index (χ4n) is 8.50. The van der Waals surface area contributed by atoms with Gasteiger partial charge in [0.1, 0.15) is 0 Å². The molecule has 0 amide bonds. The quantitative estimate of drug-likeness (QED) is 0.172. The summed E-state index contributed by atoms with van der Waals surface area (Å²) >= 11 is 0. The molecule has 9 aromatic carbocycles. The third-order valence-electron chi connectivity index (χ3n) is 10.5. The molecular formula is C45H30. The Labute approximate surface area is 262 Å². The van der Waals surface area contributed by atoms with Gasteiger partial charge in [-0.15, -0.1) is 0 Å². The molecule has 0 unspecified atom stereocenters. The Morgan fingerprint density at radius 1 is 0.378 bits per heavy atom. The maximum absolute atomic E-state index is 2.46. The van der Waals surface area contributed by atoms with Crippen molar-refractivity contribution in [2.24, 2.45) is 0 Å². The average molecular weight is 571 g/mol. The van der Waals surface area contributed by atoms with Crippen molar-refractivity contribution in [3.8, 4) is 22.3 Å². The van der Waals surface area contributed by atoms with Gasteiger partial charge < -0.3 is 0 Å². The minimum atomic E-state index is -0.116. The van der Waals surface area contributed by atoms with Crippen molar-refractivity contribution >= 4 is 64.6 Å². The van der Waals surface area contributed by atoms with E-state index in [0.29, 0.717) is 0 Å². The summed E-state index contributed by atoms with van der Waals surface area (Å²) in [5.74, 6) is 0. The van der Waals surface area contributed by atoms with Crippen molar-refractivity contribution < 1.29 is 0 Å². The maximum atomic E-state index is 2.46. The number of hydrogen-bond acceptors (Lipinski definition) is 0. The standard InChI is InChI=1S/C45H30/c1-45(2)41-26-29-13-4-3-12-28(29)23-40(41)43-36-18-10-8-16-34(36)39-24-30(21-22-37(39)44(43)45)38-25-31-20-19-27-11-5-6-14-32(27)42(31)35-17-9-7-15-33(35)38/h3-26H,1-2H3. The zero-order valence-electron chi connectivity index (χ0n) is 25.4. The summed E-state index contributed by atoms with van der Waals surface area (Å²) in [5.41, 5.74) is 8.08. The molecule has 210 valence electrons. The Balaban J connectivity index is 1.29. The molecule has 0 heteroatoms. The normalized spacial score (nSPS) is 13.7. The fourth-order valence-corrected chi connectivity index (χ4v) is 8.50. The molecule has 0 bridgehead atoms. The number of hydrogen-bond donors (Lipinski definition) is 0. The van der Waals surface area contributed by atoms with Gasteiger partial charge in [-0.2, -0.15) is 0 Å². The molecule has 0 atom stereocenters. The van der Waals surface area contributed by atoms with Crippen LogP contribution in [0.2, 0.25) is 0 Å². The number of benzene rings is 9. The summed E-state index contributed by atoms with van der Waals surface area (Å²) < 4.78 is 0. The predicted octanol–water partition coefficient (Wildman–Crippen LogP) is 12.6. The van der Waals surface area contributed by atoms with Gasteiger partial charge in [-0.05, 0) is 122 Å².